The summed E-state index contributed by atoms with van der Waals surface area (Å²) in [4.78, 5) is 15.6. The topological polar surface area (TPSA) is 81.2 Å². The third-order valence-corrected chi connectivity index (χ3v) is 6.13. The molecule has 9 heteroatoms. The number of nitrogens with one attached hydrogen (secondary N) is 2. The number of hydrogen-bond donors (Lipinski definition) is 3. The van der Waals surface area contributed by atoms with E-state index in [9.17, 15) is 13.6 Å². The van der Waals surface area contributed by atoms with Crippen LogP contribution >= 0.6 is 11.3 Å². The van der Waals surface area contributed by atoms with Gasteiger partial charge >= 0.3 is 0 Å². The number of aliphatic hydroxyl groups is 1. The van der Waals surface area contributed by atoms with Gasteiger partial charge in [0.1, 0.15) is 4.88 Å². The molecule has 4 rings (SSSR count). The van der Waals surface area contributed by atoms with Gasteiger partial charge in [-0.3, -0.25) is 9.89 Å². The molecule has 4 heterocycles. The van der Waals surface area contributed by atoms with Gasteiger partial charge in [-0.2, -0.15) is 5.10 Å². The molecule has 2 aromatic rings. The van der Waals surface area contributed by atoms with E-state index in [-0.39, 0.29) is 31.5 Å². The maximum Gasteiger partial charge on any atom is 0.269 e. The summed E-state index contributed by atoms with van der Waals surface area (Å²) >= 11 is 1.25. The summed E-state index contributed by atoms with van der Waals surface area (Å²) in [6.45, 7) is 0.0718. The molecular formula is C17H20F2N4O2S. The van der Waals surface area contributed by atoms with Crippen molar-refractivity contribution >= 4 is 22.9 Å². The predicted molar refractivity (Wildman–Crippen MR) is 95.0 cm³/mol. The lowest BCUT2D eigenvalue weighted by atomic mass is 9.97. The molecule has 1 amide bonds. The number of carbonyl (C=O) groups excluding carboxylic acids is 1. The minimum Gasteiger partial charge on any atom is -0.396 e. The molecule has 140 valence electrons. The van der Waals surface area contributed by atoms with Crippen molar-refractivity contribution in [2.45, 2.75) is 37.6 Å². The van der Waals surface area contributed by atoms with Crippen LogP contribution in [-0.2, 0) is 6.42 Å². The Morgan fingerprint density at radius 2 is 2.23 bits per heavy atom. The van der Waals surface area contributed by atoms with Crippen molar-refractivity contribution in [2.75, 3.05) is 24.6 Å². The van der Waals surface area contributed by atoms with E-state index in [1.165, 1.54) is 11.3 Å². The number of aromatic amines is 1. The van der Waals surface area contributed by atoms with Gasteiger partial charge in [0.2, 0.25) is 0 Å². The monoisotopic (exact) mass is 382 g/mol. The number of halogens is 2. The Bertz CT molecular complexity index is 806. The van der Waals surface area contributed by atoms with Crippen molar-refractivity contribution < 1.29 is 18.7 Å². The van der Waals surface area contributed by atoms with Crippen molar-refractivity contribution in [3.8, 4) is 10.4 Å². The fourth-order valence-electron chi connectivity index (χ4n) is 3.77. The molecule has 6 nitrogen and oxygen atoms in total. The summed E-state index contributed by atoms with van der Waals surface area (Å²) in [5.74, 6) is -3.05. The first-order chi connectivity index (χ1) is 12.5. The molecule has 0 saturated heterocycles. The molecule has 0 spiro atoms. The van der Waals surface area contributed by atoms with E-state index in [1.54, 1.807) is 17.3 Å². The average molecular weight is 382 g/mol. The molecule has 2 aliphatic heterocycles. The molecule has 0 bridgehead atoms. The van der Waals surface area contributed by atoms with Gasteiger partial charge in [0.25, 0.3) is 11.8 Å². The van der Waals surface area contributed by atoms with Gasteiger partial charge in [-0.1, -0.05) is 0 Å². The zero-order valence-corrected chi connectivity index (χ0v) is 14.9. The van der Waals surface area contributed by atoms with Gasteiger partial charge in [-0.25, -0.2) is 8.78 Å². The number of carbonyl (C=O) groups is 1. The predicted octanol–water partition coefficient (Wildman–Crippen LogP) is 2.41. The van der Waals surface area contributed by atoms with Crippen LogP contribution in [0.25, 0.3) is 10.4 Å². The smallest absolute Gasteiger partial charge is 0.269 e. The first-order valence-corrected chi connectivity index (χ1v) is 9.49. The molecule has 0 fully saturated rings. The van der Waals surface area contributed by atoms with Crippen LogP contribution in [0.1, 0.15) is 34.5 Å². The lowest BCUT2D eigenvalue weighted by Gasteiger charge is -2.35. The highest BCUT2D eigenvalue weighted by Crippen LogP contribution is 2.48. The van der Waals surface area contributed by atoms with Gasteiger partial charge < -0.3 is 15.3 Å². The van der Waals surface area contributed by atoms with Crippen LogP contribution < -0.4 is 10.2 Å². The average Bonchev–Trinajstić information content (AvgIpc) is 3.18. The second-order valence-electron chi connectivity index (χ2n) is 6.88. The van der Waals surface area contributed by atoms with Gasteiger partial charge in [0, 0.05) is 47.8 Å². The van der Waals surface area contributed by atoms with Crippen LogP contribution in [0.4, 0.5) is 14.5 Å². The molecule has 3 N–H and O–H groups in total. The number of thiophene rings is 1. The number of anilines is 1. The SMILES string of the molecule is O=C1NC(CCCCO)CN2CC(F)(F)Cc3c(-c4cn[nH]c4)sc1c32. The van der Waals surface area contributed by atoms with Crippen molar-refractivity contribution in [2.24, 2.45) is 0 Å². The van der Waals surface area contributed by atoms with Crippen molar-refractivity contribution in [1.82, 2.24) is 15.5 Å². The number of H-pyrrole nitrogens is 1. The Morgan fingerprint density at radius 1 is 1.38 bits per heavy atom. The van der Waals surface area contributed by atoms with Gasteiger partial charge in [0.05, 0.1) is 18.4 Å². The molecule has 0 saturated carbocycles. The molecule has 0 radical (unpaired) electrons. The van der Waals surface area contributed by atoms with E-state index >= 15 is 0 Å². The molecule has 0 aliphatic carbocycles. The zero-order chi connectivity index (χ0) is 18.3. The van der Waals surface area contributed by atoms with Crippen LogP contribution in [0.15, 0.2) is 12.4 Å². The number of rotatable bonds is 5. The highest BCUT2D eigenvalue weighted by atomic mass is 32.1. The number of aliphatic hydroxyl groups excluding tert-OH is 1. The van der Waals surface area contributed by atoms with E-state index in [4.69, 9.17) is 5.11 Å². The maximum atomic E-state index is 14.4. The van der Waals surface area contributed by atoms with Gasteiger partial charge in [0.15, 0.2) is 0 Å². The van der Waals surface area contributed by atoms with E-state index < -0.39 is 5.92 Å². The highest BCUT2D eigenvalue weighted by molar-refractivity contribution is 7.18. The van der Waals surface area contributed by atoms with Crippen LogP contribution in [0.3, 0.4) is 0 Å². The molecule has 1 unspecified atom stereocenters. The molecule has 0 aromatic carbocycles. The Hall–Kier alpha value is -2.00. The summed E-state index contributed by atoms with van der Waals surface area (Å²) in [6.07, 6.45) is 4.93. The van der Waals surface area contributed by atoms with Crippen molar-refractivity contribution in [1.29, 1.82) is 0 Å². The number of nitrogens with zero attached hydrogens (tertiary/aromatic N) is 2. The van der Waals surface area contributed by atoms with E-state index in [0.29, 0.717) is 40.4 Å². The molecule has 2 aliphatic rings. The quantitative estimate of drug-likeness (QED) is 0.694. The van der Waals surface area contributed by atoms with Gasteiger partial charge in [-0.15, -0.1) is 11.3 Å². The fraction of sp³-hybridized carbons (Fsp3) is 0.529. The second kappa shape index (κ2) is 6.62. The van der Waals surface area contributed by atoms with E-state index in [0.717, 1.165) is 12.0 Å². The van der Waals surface area contributed by atoms with Crippen LogP contribution in [-0.4, -0.2) is 52.9 Å². The molecule has 1 atom stereocenters. The van der Waals surface area contributed by atoms with Gasteiger partial charge in [-0.05, 0) is 19.3 Å². The number of aromatic nitrogens is 2. The summed E-state index contributed by atoms with van der Waals surface area (Å²) in [5.41, 5.74) is 1.91. The van der Waals surface area contributed by atoms with Crippen LogP contribution in [0.5, 0.6) is 0 Å². The number of alkyl halides is 2. The summed E-state index contributed by atoms with van der Waals surface area (Å²) in [7, 11) is 0. The van der Waals surface area contributed by atoms with Crippen molar-refractivity contribution in [3.05, 3.63) is 22.8 Å². The Labute approximate surface area is 153 Å². The molecule has 26 heavy (non-hydrogen) atoms. The minimum absolute atomic E-state index is 0.0913. The summed E-state index contributed by atoms with van der Waals surface area (Å²) in [6, 6.07) is -0.201. The highest BCUT2D eigenvalue weighted by Gasteiger charge is 2.44. The fourth-order valence-corrected chi connectivity index (χ4v) is 5.00. The van der Waals surface area contributed by atoms with E-state index in [2.05, 4.69) is 15.5 Å². The zero-order valence-electron chi connectivity index (χ0n) is 14.1. The Morgan fingerprint density at radius 3 is 2.96 bits per heavy atom. The van der Waals surface area contributed by atoms with Crippen LogP contribution in [0, 0.1) is 0 Å². The Balaban J connectivity index is 1.73. The first-order valence-electron chi connectivity index (χ1n) is 8.68. The maximum absolute atomic E-state index is 14.4. The summed E-state index contributed by atoms with van der Waals surface area (Å²) in [5, 5.41) is 18.5. The lowest BCUT2D eigenvalue weighted by molar-refractivity contribution is 0.00542. The number of amides is 1. The lowest BCUT2D eigenvalue weighted by Crippen LogP contribution is -2.47. The van der Waals surface area contributed by atoms with Crippen molar-refractivity contribution in [3.63, 3.8) is 0 Å². The Kier molecular flexibility index (Phi) is 4.44. The molecule has 2 aromatic heterocycles. The largest absolute Gasteiger partial charge is 0.396 e. The van der Waals surface area contributed by atoms with E-state index in [1.807, 2.05) is 0 Å². The number of hydrogen-bond acceptors (Lipinski definition) is 5. The third kappa shape index (κ3) is 3.09. The minimum atomic E-state index is -2.84. The van der Waals surface area contributed by atoms with Crippen LogP contribution in [0.2, 0.25) is 0 Å². The first kappa shape index (κ1) is 17.4. The second-order valence-corrected chi connectivity index (χ2v) is 7.90. The molecular weight excluding hydrogens is 362 g/mol. The normalized spacial score (nSPS) is 21.3. The standard InChI is InChI=1S/C17H20F2N4O2S/c18-17(19)5-12-13-15(26-14(12)10-6-20-21-7-10)16(25)22-11(3-1-2-4-24)8-23(13)9-17/h6-7,11,24H,1-5,8-9H2,(H,20,21)(H,22,25). The summed E-state index contributed by atoms with van der Waals surface area (Å²) < 4.78 is 28.9. The third-order valence-electron chi connectivity index (χ3n) is 4.86. The number of unbranched alkanes of at least 4 members (excludes halogenated alkanes) is 1.